The van der Waals surface area contributed by atoms with Crippen LogP contribution in [0.2, 0.25) is 0 Å². The molecule has 2 N–H and O–H groups in total. The molecule has 17 heteroatoms. The summed E-state index contributed by atoms with van der Waals surface area (Å²) in [5, 5.41) is 0. The summed E-state index contributed by atoms with van der Waals surface area (Å²) in [6, 6.07) is 0. The van der Waals surface area contributed by atoms with Gasteiger partial charge in [0.25, 0.3) is 0 Å². The summed E-state index contributed by atoms with van der Waals surface area (Å²) in [5.41, 5.74) is 0. The Morgan fingerprint density at radius 3 is 0.824 bits per heavy atom. The molecule has 0 saturated heterocycles. The summed E-state index contributed by atoms with van der Waals surface area (Å²) >= 11 is -5.36. The monoisotopic (exact) mass is 384 g/mol. The maximum atomic E-state index is 9.89. The fourth-order valence-corrected chi connectivity index (χ4v) is 6.09. The van der Waals surface area contributed by atoms with Crippen molar-refractivity contribution in [3.8, 4) is 0 Å². The molecule has 0 saturated carbocycles. The molecule has 104 valence electrons. The second-order valence-corrected chi connectivity index (χ2v) is 9.07. The molecule has 0 aromatic heterocycles. The van der Waals surface area contributed by atoms with Crippen LogP contribution in [0.15, 0.2) is 0 Å². The minimum absolute atomic E-state index is 0. The molecule has 0 spiro atoms. The molecule has 0 rings (SSSR count). The second-order valence-electron chi connectivity index (χ2n) is 1.69. The molecule has 0 amide bonds. The van der Waals surface area contributed by atoms with Gasteiger partial charge in [-0.1, -0.05) is 0 Å². The van der Waals surface area contributed by atoms with E-state index in [4.69, 9.17) is 0 Å². The molecule has 0 aliphatic carbocycles. The quantitative estimate of drug-likeness (QED) is 0.385. The van der Waals surface area contributed by atoms with Crippen molar-refractivity contribution in [2.75, 3.05) is 0 Å². The van der Waals surface area contributed by atoms with E-state index >= 15 is 0 Å². The van der Waals surface area contributed by atoms with E-state index in [0.29, 0.717) is 0 Å². The van der Waals surface area contributed by atoms with E-state index in [9.17, 15) is 41.9 Å². The Hall–Kier alpha value is 0.986. The summed E-state index contributed by atoms with van der Waals surface area (Å²) in [6.07, 6.45) is 0. The molecule has 13 nitrogen and oxygen atoms in total. The zero-order valence-electron chi connectivity index (χ0n) is 7.11. The van der Waals surface area contributed by atoms with Crippen LogP contribution in [0.25, 0.3) is 0 Å². The Kier molecular flexibility index (Phi) is 8.31. The normalized spacial score (nSPS) is 13.2. The number of hydrogen-bond acceptors (Lipinski definition) is 12. The zero-order valence-corrected chi connectivity index (χ0v) is 11.8. The topological polar surface area (TPSA) is 267 Å². The molecular formula is H2Cl3GaO13. The molecule has 0 atom stereocenters. The van der Waals surface area contributed by atoms with Crippen molar-refractivity contribution in [3.05, 3.63) is 0 Å². The van der Waals surface area contributed by atoms with Gasteiger partial charge in [0.2, 0.25) is 0 Å². The van der Waals surface area contributed by atoms with Crippen molar-refractivity contribution >= 4 is 17.3 Å². The first-order valence-electron chi connectivity index (χ1n) is 2.56. The van der Waals surface area contributed by atoms with Gasteiger partial charge in [0.1, 0.15) is 0 Å². The van der Waals surface area contributed by atoms with Gasteiger partial charge in [-0.05, 0) is 0 Å². The van der Waals surface area contributed by atoms with Gasteiger partial charge in [-0.2, -0.15) is 0 Å². The molecule has 0 heterocycles. The average Bonchev–Trinajstić information content (AvgIpc) is 1.70. The molecular weight excluding hydrogens is 384 g/mol. The fraction of sp³-hybridized carbons (Fsp3) is 0. The molecule has 17 heavy (non-hydrogen) atoms. The number of halogens is 3. The Labute approximate surface area is 105 Å². The third-order valence-electron chi connectivity index (χ3n) is 0.546. The van der Waals surface area contributed by atoms with Gasteiger partial charge in [0.15, 0.2) is 0 Å². The van der Waals surface area contributed by atoms with Crippen LogP contribution in [0.4, 0.5) is 0 Å². The van der Waals surface area contributed by atoms with Gasteiger partial charge in [-0.3, -0.25) is 0 Å². The van der Waals surface area contributed by atoms with Crippen molar-refractivity contribution in [3.63, 3.8) is 0 Å². The van der Waals surface area contributed by atoms with Crippen LogP contribution in [0.3, 0.4) is 0 Å². The Morgan fingerprint density at radius 2 is 0.706 bits per heavy atom. The Morgan fingerprint density at radius 1 is 0.529 bits per heavy atom. The van der Waals surface area contributed by atoms with Gasteiger partial charge in [0, 0.05) is 0 Å². The summed E-state index contributed by atoms with van der Waals surface area (Å²) in [4.78, 5) is 0. The van der Waals surface area contributed by atoms with Crippen molar-refractivity contribution in [1.82, 2.24) is 0 Å². The molecule has 0 fully saturated rings. The van der Waals surface area contributed by atoms with E-state index in [1.165, 1.54) is 0 Å². The second kappa shape index (κ2) is 6.95. The van der Waals surface area contributed by atoms with Crippen LogP contribution in [0.1, 0.15) is 0 Å². The first kappa shape index (κ1) is 20.3. The maximum absolute atomic E-state index is 9.89. The van der Waals surface area contributed by atoms with E-state index in [1.54, 1.807) is 0 Å². The SMILES string of the molecule is O.[O-][Cl+3]([O-])([O-])[O][Ga]([O][Cl+3]([O-])([O-])[O-])[O][Cl+3]([O-])([O-])[O-]. The first-order chi connectivity index (χ1) is 6.79. The van der Waals surface area contributed by atoms with Crippen LogP contribution >= 0.6 is 0 Å². The third kappa shape index (κ3) is 14.9. The summed E-state index contributed by atoms with van der Waals surface area (Å²) in [6.45, 7) is 0. The number of hydrogen-bond donors (Lipinski definition) is 0. The van der Waals surface area contributed by atoms with Gasteiger partial charge in [-0.25, -0.2) is 0 Å². The van der Waals surface area contributed by atoms with Crippen molar-refractivity contribution in [1.29, 1.82) is 0 Å². The molecule has 0 aliphatic rings. The van der Waals surface area contributed by atoms with E-state index in [1.807, 2.05) is 0 Å². The van der Waals surface area contributed by atoms with E-state index in [2.05, 4.69) is 9.25 Å². The average molecular weight is 386 g/mol. The van der Waals surface area contributed by atoms with E-state index in [-0.39, 0.29) is 5.48 Å². The Balaban J connectivity index is 0. The standard InChI is InChI=1S/3ClHO4.Ga.H2O/c3*2-1(3,4)5;;/h3*(H,2,3,4,5);;1H2/q;;;+3;/p-3. The van der Waals surface area contributed by atoms with E-state index in [0.717, 1.165) is 0 Å². The van der Waals surface area contributed by atoms with E-state index < -0.39 is 48.0 Å². The van der Waals surface area contributed by atoms with Crippen molar-refractivity contribution in [2.24, 2.45) is 0 Å². The molecule has 0 bridgehead atoms. The number of rotatable bonds is 6. The van der Waals surface area contributed by atoms with Crippen LogP contribution in [-0.2, 0) is 9.25 Å². The van der Waals surface area contributed by atoms with Crippen LogP contribution in [-0.4, -0.2) is 22.8 Å². The van der Waals surface area contributed by atoms with Crippen LogP contribution in [0.5, 0.6) is 0 Å². The van der Waals surface area contributed by atoms with Crippen molar-refractivity contribution in [2.45, 2.75) is 0 Å². The molecule has 0 aromatic carbocycles. The summed E-state index contributed by atoms with van der Waals surface area (Å²) in [7, 11) is -16.0. The zero-order chi connectivity index (χ0) is 13.2. The Bertz CT molecular complexity index is 170. The first-order valence-corrected chi connectivity index (χ1v) is 9.23. The minimum atomic E-state index is -5.36. The van der Waals surface area contributed by atoms with Crippen LogP contribution in [0, 0.1) is 30.7 Å². The molecule has 0 radical (unpaired) electrons. The van der Waals surface area contributed by atoms with Crippen molar-refractivity contribution < 1.29 is 87.4 Å². The van der Waals surface area contributed by atoms with Gasteiger partial charge >= 0.3 is 99.2 Å². The fourth-order valence-electron chi connectivity index (χ4n) is 0.309. The van der Waals surface area contributed by atoms with Gasteiger partial charge in [0.05, 0.1) is 0 Å². The predicted octanol–water partition coefficient (Wildman–Crippen LogP) is -12.1. The summed E-state index contributed by atoms with van der Waals surface area (Å²) < 4.78 is 98.5. The van der Waals surface area contributed by atoms with Crippen LogP contribution < -0.4 is 41.9 Å². The van der Waals surface area contributed by atoms with Gasteiger partial charge < -0.3 is 5.48 Å². The predicted molar refractivity (Wildman–Crippen MR) is 12.6 cm³/mol. The van der Waals surface area contributed by atoms with Gasteiger partial charge in [-0.15, -0.1) is 0 Å². The molecule has 0 unspecified atom stereocenters. The molecule has 0 aliphatic heterocycles. The summed E-state index contributed by atoms with van der Waals surface area (Å²) in [5.74, 6) is 0. The third-order valence-corrected chi connectivity index (χ3v) is 8.50. The molecule has 0 aromatic rings.